The standard InChI is InChI=1S/C23H25FN4O3/c1-30-19-8-6-16(7-9-19)22-26-21(31-27-22)14-25-23(29)17-10-12-28(13-11-17)15-18-4-2-3-5-20(18)24/h2-9,17H,10-15H2,1H3,(H,25,29). The van der Waals surface area contributed by atoms with Crippen molar-refractivity contribution in [2.24, 2.45) is 5.92 Å². The van der Waals surface area contributed by atoms with E-state index in [4.69, 9.17) is 9.26 Å². The molecule has 0 radical (unpaired) electrons. The number of nitrogens with one attached hydrogen (secondary N) is 1. The number of amides is 1. The fourth-order valence-corrected chi connectivity index (χ4v) is 3.71. The summed E-state index contributed by atoms with van der Waals surface area (Å²) in [7, 11) is 1.61. The highest BCUT2D eigenvalue weighted by Crippen LogP contribution is 2.21. The highest BCUT2D eigenvalue weighted by molar-refractivity contribution is 5.78. The predicted octanol–water partition coefficient (Wildman–Crippen LogP) is 3.41. The molecule has 8 heteroatoms. The van der Waals surface area contributed by atoms with Crippen LogP contribution in [-0.2, 0) is 17.9 Å². The Kier molecular flexibility index (Phi) is 6.57. The minimum absolute atomic E-state index is 0.0188. The Hall–Kier alpha value is -3.26. The van der Waals surface area contributed by atoms with Crippen molar-refractivity contribution in [1.82, 2.24) is 20.4 Å². The zero-order valence-corrected chi connectivity index (χ0v) is 17.4. The number of aromatic nitrogens is 2. The molecule has 1 aromatic heterocycles. The van der Waals surface area contributed by atoms with Crippen molar-refractivity contribution >= 4 is 5.91 Å². The van der Waals surface area contributed by atoms with Gasteiger partial charge in [-0.3, -0.25) is 9.69 Å². The predicted molar refractivity (Wildman–Crippen MR) is 113 cm³/mol. The van der Waals surface area contributed by atoms with E-state index in [1.165, 1.54) is 6.07 Å². The second kappa shape index (κ2) is 9.70. The Balaban J connectivity index is 1.24. The van der Waals surface area contributed by atoms with Crippen molar-refractivity contribution in [3.8, 4) is 17.1 Å². The van der Waals surface area contributed by atoms with Crippen molar-refractivity contribution in [2.45, 2.75) is 25.9 Å². The molecule has 1 saturated heterocycles. The number of hydrogen-bond acceptors (Lipinski definition) is 6. The number of piperidine rings is 1. The summed E-state index contributed by atoms with van der Waals surface area (Å²) in [5.41, 5.74) is 1.50. The van der Waals surface area contributed by atoms with Gasteiger partial charge in [0.05, 0.1) is 13.7 Å². The largest absolute Gasteiger partial charge is 0.497 e. The van der Waals surface area contributed by atoms with E-state index in [0.29, 0.717) is 23.8 Å². The Morgan fingerprint density at radius 1 is 1.19 bits per heavy atom. The van der Waals surface area contributed by atoms with Gasteiger partial charge < -0.3 is 14.6 Å². The summed E-state index contributed by atoms with van der Waals surface area (Å²) >= 11 is 0. The molecule has 1 N–H and O–H groups in total. The van der Waals surface area contributed by atoms with Crippen LogP contribution in [-0.4, -0.2) is 41.1 Å². The molecule has 0 atom stereocenters. The molecule has 162 valence electrons. The molecular formula is C23H25FN4O3. The number of halogens is 1. The summed E-state index contributed by atoms with van der Waals surface area (Å²) in [5.74, 6) is 1.30. The third kappa shape index (κ3) is 5.27. The molecule has 0 bridgehead atoms. The first kappa shape index (κ1) is 21.0. The smallest absolute Gasteiger partial charge is 0.246 e. The van der Waals surface area contributed by atoms with Crippen LogP contribution in [0.5, 0.6) is 5.75 Å². The van der Waals surface area contributed by atoms with E-state index in [1.54, 1.807) is 19.2 Å². The number of carbonyl (C=O) groups excluding carboxylic acids is 1. The summed E-state index contributed by atoms with van der Waals surface area (Å²) < 4.78 is 24.2. The van der Waals surface area contributed by atoms with Crippen LogP contribution in [0.1, 0.15) is 24.3 Å². The zero-order chi connectivity index (χ0) is 21.6. The number of nitrogens with zero attached hydrogens (tertiary/aromatic N) is 3. The second-order valence-corrected chi connectivity index (χ2v) is 7.60. The molecule has 4 rings (SSSR count). The first-order chi connectivity index (χ1) is 15.1. The van der Waals surface area contributed by atoms with Crippen molar-refractivity contribution in [3.63, 3.8) is 0 Å². The summed E-state index contributed by atoms with van der Waals surface area (Å²) in [6, 6.07) is 14.2. The first-order valence-corrected chi connectivity index (χ1v) is 10.3. The van der Waals surface area contributed by atoms with E-state index in [1.807, 2.05) is 30.3 Å². The number of carbonyl (C=O) groups is 1. The lowest BCUT2D eigenvalue weighted by atomic mass is 9.95. The molecule has 0 spiro atoms. The van der Waals surface area contributed by atoms with Gasteiger partial charge in [-0.2, -0.15) is 4.98 Å². The van der Waals surface area contributed by atoms with Gasteiger partial charge in [0.2, 0.25) is 17.6 Å². The van der Waals surface area contributed by atoms with Crippen LogP contribution in [0.4, 0.5) is 4.39 Å². The quantitative estimate of drug-likeness (QED) is 0.626. The van der Waals surface area contributed by atoms with Crippen LogP contribution >= 0.6 is 0 Å². The van der Waals surface area contributed by atoms with Crippen LogP contribution < -0.4 is 10.1 Å². The van der Waals surface area contributed by atoms with Crippen LogP contribution in [0, 0.1) is 11.7 Å². The van der Waals surface area contributed by atoms with Gasteiger partial charge in [-0.05, 0) is 56.3 Å². The summed E-state index contributed by atoms with van der Waals surface area (Å²) in [6.45, 7) is 2.28. The average molecular weight is 424 g/mol. The highest BCUT2D eigenvalue weighted by atomic mass is 19.1. The van der Waals surface area contributed by atoms with Gasteiger partial charge in [0.25, 0.3) is 0 Å². The van der Waals surface area contributed by atoms with Crippen LogP contribution in [0.25, 0.3) is 11.4 Å². The fourth-order valence-electron chi connectivity index (χ4n) is 3.71. The molecule has 0 aliphatic carbocycles. The van der Waals surface area contributed by atoms with Gasteiger partial charge in [0.1, 0.15) is 11.6 Å². The summed E-state index contributed by atoms with van der Waals surface area (Å²) in [4.78, 5) is 19.1. The number of benzene rings is 2. The Bertz CT molecular complexity index is 1010. The molecule has 2 heterocycles. The van der Waals surface area contributed by atoms with Crippen molar-refractivity contribution in [1.29, 1.82) is 0 Å². The Morgan fingerprint density at radius 2 is 1.94 bits per heavy atom. The lowest BCUT2D eigenvalue weighted by Gasteiger charge is -2.31. The number of methoxy groups -OCH3 is 1. The number of likely N-dealkylation sites (tertiary alicyclic amines) is 1. The van der Waals surface area contributed by atoms with Crippen molar-refractivity contribution in [2.75, 3.05) is 20.2 Å². The lowest BCUT2D eigenvalue weighted by Crippen LogP contribution is -2.40. The molecule has 0 unspecified atom stereocenters. The van der Waals surface area contributed by atoms with Gasteiger partial charge in [-0.15, -0.1) is 0 Å². The third-order valence-electron chi connectivity index (χ3n) is 5.54. The monoisotopic (exact) mass is 424 g/mol. The molecule has 0 saturated carbocycles. The van der Waals surface area contributed by atoms with E-state index in [9.17, 15) is 9.18 Å². The molecule has 1 aliphatic heterocycles. The normalized spacial score (nSPS) is 15.0. The SMILES string of the molecule is COc1ccc(-c2noc(CNC(=O)C3CCN(Cc4ccccc4F)CC3)n2)cc1. The number of ether oxygens (including phenoxy) is 1. The van der Waals surface area contributed by atoms with Crippen LogP contribution in [0.15, 0.2) is 53.1 Å². The van der Waals surface area contributed by atoms with E-state index in [-0.39, 0.29) is 24.2 Å². The molecular weight excluding hydrogens is 399 g/mol. The van der Waals surface area contributed by atoms with E-state index >= 15 is 0 Å². The maximum atomic E-state index is 13.8. The minimum Gasteiger partial charge on any atom is -0.497 e. The van der Waals surface area contributed by atoms with E-state index in [0.717, 1.165) is 37.2 Å². The molecule has 31 heavy (non-hydrogen) atoms. The molecule has 2 aromatic carbocycles. The fraction of sp³-hybridized carbons (Fsp3) is 0.348. The van der Waals surface area contributed by atoms with Gasteiger partial charge in [0.15, 0.2) is 0 Å². The lowest BCUT2D eigenvalue weighted by molar-refractivity contribution is -0.126. The molecule has 3 aromatic rings. The highest BCUT2D eigenvalue weighted by Gasteiger charge is 2.25. The molecule has 1 fully saturated rings. The number of hydrogen-bond donors (Lipinski definition) is 1. The van der Waals surface area contributed by atoms with Gasteiger partial charge in [0, 0.05) is 23.6 Å². The van der Waals surface area contributed by atoms with Crippen molar-refractivity contribution < 1.29 is 18.4 Å². The van der Waals surface area contributed by atoms with Crippen molar-refractivity contribution in [3.05, 3.63) is 65.8 Å². The second-order valence-electron chi connectivity index (χ2n) is 7.60. The molecule has 1 aliphatic rings. The number of rotatable bonds is 7. The molecule has 1 amide bonds. The maximum absolute atomic E-state index is 13.8. The van der Waals surface area contributed by atoms with E-state index < -0.39 is 0 Å². The topological polar surface area (TPSA) is 80.5 Å². The Morgan fingerprint density at radius 3 is 2.65 bits per heavy atom. The maximum Gasteiger partial charge on any atom is 0.246 e. The Labute approximate surface area is 180 Å². The summed E-state index contributed by atoms with van der Waals surface area (Å²) in [5, 5.41) is 6.87. The van der Waals surface area contributed by atoms with Crippen LogP contribution in [0.2, 0.25) is 0 Å². The van der Waals surface area contributed by atoms with Crippen LogP contribution in [0.3, 0.4) is 0 Å². The zero-order valence-electron chi connectivity index (χ0n) is 17.4. The van der Waals surface area contributed by atoms with E-state index in [2.05, 4.69) is 20.4 Å². The molecule has 7 nitrogen and oxygen atoms in total. The third-order valence-corrected chi connectivity index (χ3v) is 5.54. The first-order valence-electron chi connectivity index (χ1n) is 10.3. The van der Waals surface area contributed by atoms with Gasteiger partial charge in [-0.1, -0.05) is 23.4 Å². The van der Waals surface area contributed by atoms with Gasteiger partial charge in [-0.25, -0.2) is 4.39 Å². The summed E-state index contributed by atoms with van der Waals surface area (Å²) in [6.07, 6.45) is 1.47. The minimum atomic E-state index is -0.184. The van der Waals surface area contributed by atoms with Gasteiger partial charge >= 0.3 is 0 Å². The average Bonchev–Trinajstić information content (AvgIpc) is 3.29.